The van der Waals surface area contributed by atoms with E-state index in [2.05, 4.69) is 80.6 Å². The van der Waals surface area contributed by atoms with E-state index < -0.39 is 0 Å². The fourth-order valence-corrected chi connectivity index (χ4v) is 3.63. The Hall–Kier alpha value is -2.34. The van der Waals surface area contributed by atoms with Gasteiger partial charge in [-0.3, -0.25) is 0 Å². The number of benzene rings is 2. The van der Waals surface area contributed by atoms with Gasteiger partial charge in [0.2, 0.25) is 0 Å². The number of rotatable bonds is 4. The second-order valence-corrected chi connectivity index (χ2v) is 7.21. The first-order valence-electron chi connectivity index (χ1n) is 8.96. The molecular weight excluding hydrogens is 288 g/mol. The second kappa shape index (κ2) is 6.28. The molecule has 0 heteroatoms. The highest BCUT2D eigenvalue weighted by atomic mass is 14.2. The highest BCUT2D eigenvalue weighted by Crippen LogP contribution is 2.33. The van der Waals surface area contributed by atoms with E-state index in [0.717, 1.165) is 19.3 Å². The van der Waals surface area contributed by atoms with E-state index in [9.17, 15) is 0 Å². The van der Waals surface area contributed by atoms with Crippen LogP contribution in [0.4, 0.5) is 0 Å². The van der Waals surface area contributed by atoms with Gasteiger partial charge in [-0.05, 0) is 65.5 Å². The van der Waals surface area contributed by atoms with E-state index in [1.165, 1.54) is 39.0 Å². The fourth-order valence-electron chi connectivity index (χ4n) is 3.63. The van der Waals surface area contributed by atoms with Gasteiger partial charge in [0.25, 0.3) is 0 Å². The lowest BCUT2D eigenvalue weighted by atomic mass is 10.00. The predicted octanol–water partition coefficient (Wildman–Crippen LogP) is 5.85. The number of hydrogen-bond donors (Lipinski definition) is 0. The predicted molar refractivity (Wildman–Crippen MR) is 103 cm³/mol. The minimum Gasteiger partial charge on any atom is -0.0773 e. The zero-order valence-corrected chi connectivity index (χ0v) is 14.5. The molecule has 24 heavy (non-hydrogen) atoms. The van der Waals surface area contributed by atoms with Gasteiger partial charge in [0.15, 0.2) is 0 Å². The quantitative estimate of drug-likeness (QED) is 0.664. The Labute approximate surface area is 145 Å². The summed E-state index contributed by atoms with van der Waals surface area (Å²) in [4.78, 5) is 0. The van der Waals surface area contributed by atoms with Crippen LogP contribution in [-0.4, -0.2) is 0 Å². The Kier molecular flexibility index (Phi) is 3.98. The SMILES string of the molecule is Cc1ccc(CCc2ccc3c(c2)C=C(C2=CC(C)C=C2)C3)cc1. The molecule has 2 aromatic carbocycles. The van der Waals surface area contributed by atoms with Crippen LogP contribution in [0.3, 0.4) is 0 Å². The summed E-state index contributed by atoms with van der Waals surface area (Å²) in [5, 5.41) is 0. The molecule has 0 heterocycles. The summed E-state index contributed by atoms with van der Waals surface area (Å²) >= 11 is 0. The van der Waals surface area contributed by atoms with Crippen molar-refractivity contribution in [2.24, 2.45) is 5.92 Å². The van der Waals surface area contributed by atoms with Gasteiger partial charge in [-0.15, -0.1) is 0 Å². The highest BCUT2D eigenvalue weighted by Gasteiger charge is 2.17. The summed E-state index contributed by atoms with van der Waals surface area (Å²) in [7, 11) is 0. The van der Waals surface area contributed by atoms with Crippen molar-refractivity contribution in [3.05, 3.63) is 99.7 Å². The molecule has 4 rings (SSSR count). The largest absolute Gasteiger partial charge is 0.0773 e. The molecule has 0 saturated heterocycles. The van der Waals surface area contributed by atoms with Crippen molar-refractivity contribution in [2.75, 3.05) is 0 Å². The van der Waals surface area contributed by atoms with Crippen LogP contribution in [0.5, 0.6) is 0 Å². The van der Waals surface area contributed by atoms with Crippen LogP contribution in [0.2, 0.25) is 0 Å². The molecule has 120 valence electrons. The second-order valence-electron chi connectivity index (χ2n) is 7.21. The number of fused-ring (bicyclic) bond motifs is 1. The molecule has 0 N–H and O–H groups in total. The number of hydrogen-bond acceptors (Lipinski definition) is 0. The van der Waals surface area contributed by atoms with Crippen LogP contribution in [0, 0.1) is 12.8 Å². The highest BCUT2D eigenvalue weighted by molar-refractivity contribution is 5.71. The Morgan fingerprint density at radius 2 is 1.71 bits per heavy atom. The first-order chi connectivity index (χ1) is 11.7. The first-order valence-corrected chi connectivity index (χ1v) is 8.96. The third-order valence-corrected chi connectivity index (χ3v) is 5.14. The summed E-state index contributed by atoms with van der Waals surface area (Å²) in [6.45, 7) is 4.39. The van der Waals surface area contributed by atoms with Gasteiger partial charge in [-0.25, -0.2) is 0 Å². The lowest BCUT2D eigenvalue weighted by Crippen LogP contribution is -1.93. The van der Waals surface area contributed by atoms with Gasteiger partial charge in [0, 0.05) is 0 Å². The van der Waals surface area contributed by atoms with Crippen LogP contribution in [0.1, 0.15) is 34.7 Å². The fraction of sp³-hybridized carbons (Fsp3) is 0.250. The smallest absolute Gasteiger partial charge is 0.00138 e. The molecule has 0 spiro atoms. The lowest BCUT2D eigenvalue weighted by molar-refractivity contribution is 0.954. The maximum absolute atomic E-state index is 2.39. The summed E-state index contributed by atoms with van der Waals surface area (Å²) in [6.07, 6.45) is 12.6. The standard InChI is InChI=1S/C24H24/c1-17-3-6-19(7-4-17)8-9-20-10-12-22-15-24(16-23(22)14-20)21-11-5-18(2)13-21/h3-7,10-14,16,18H,8-9,15H2,1-2H3. The summed E-state index contributed by atoms with van der Waals surface area (Å²) < 4.78 is 0. The minimum atomic E-state index is 0.578. The zero-order valence-electron chi connectivity index (χ0n) is 14.5. The molecule has 0 fully saturated rings. The molecule has 1 atom stereocenters. The lowest BCUT2D eigenvalue weighted by Gasteiger charge is -2.06. The van der Waals surface area contributed by atoms with E-state index in [1.54, 1.807) is 0 Å². The molecule has 0 radical (unpaired) electrons. The van der Waals surface area contributed by atoms with Gasteiger partial charge < -0.3 is 0 Å². The summed E-state index contributed by atoms with van der Waals surface area (Å²) in [6, 6.07) is 15.9. The molecule has 1 unspecified atom stereocenters. The van der Waals surface area contributed by atoms with E-state index in [-0.39, 0.29) is 0 Å². The van der Waals surface area contributed by atoms with Crippen molar-refractivity contribution in [1.82, 2.24) is 0 Å². The summed E-state index contributed by atoms with van der Waals surface area (Å²) in [5.41, 5.74) is 9.97. The summed E-state index contributed by atoms with van der Waals surface area (Å²) in [5.74, 6) is 0.578. The first kappa shape index (κ1) is 15.2. The van der Waals surface area contributed by atoms with Gasteiger partial charge in [0.05, 0.1) is 0 Å². The van der Waals surface area contributed by atoms with Crippen LogP contribution in [-0.2, 0) is 19.3 Å². The monoisotopic (exact) mass is 312 g/mol. The molecule has 0 aromatic heterocycles. The molecule has 0 bridgehead atoms. The Morgan fingerprint density at radius 3 is 2.46 bits per heavy atom. The number of allylic oxidation sites excluding steroid dienone is 5. The normalized spacial score (nSPS) is 18.5. The van der Waals surface area contributed by atoms with Crippen molar-refractivity contribution in [2.45, 2.75) is 33.1 Å². The Bertz CT molecular complexity index is 844. The van der Waals surface area contributed by atoms with E-state index >= 15 is 0 Å². The molecule has 2 aliphatic carbocycles. The van der Waals surface area contributed by atoms with E-state index in [4.69, 9.17) is 0 Å². The van der Waals surface area contributed by atoms with Crippen LogP contribution in [0.15, 0.2) is 71.8 Å². The van der Waals surface area contributed by atoms with Gasteiger partial charge >= 0.3 is 0 Å². The number of aryl methyl sites for hydroxylation is 3. The van der Waals surface area contributed by atoms with Gasteiger partial charge in [0.1, 0.15) is 0 Å². The van der Waals surface area contributed by atoms with Crippen LogP contribution >= 0.6 is 0 Å². The maximum Gasteiger partial charge on any atom is -0.00138 e. The van der Waals surface area contributed by atoms with Crippen molar-refractivity contribution < 1.29 is 0 Å². The Balaban J connectivity index is 1.48. The molecular formula is C24H24. The maximum atomic E-state index is 2.39. The van der Waals surface area contributed by atoms with Crippen molar-refractivity contribution in [3.8, 4) is 0 Å². The van der Waals surface area contributed by atoms with Gasteiger partial charge in [-0.2, -0.15) is 0 Å². The molecule has 0 aliphatic heterocycles. The van der Waals surface area contributed by atoms with Crippen molar-refractivity contribution >= 4 is 6.08 Å². The molecule has 0 nitrogen and oxygen atoms in total. The molecule has 2 aliphatic rings. The van der Waals surface area contributed by atoms with Crippen molar-refractivity contribution in [3.63, 3.8) is 0 Å². The molecule has 0 amide bonds. The van der Waals surface area contributed by atoms with Crippen LogP contribution in [0.25, 0.3) is 6.08 Å². The van der Waals surface area contributed by atoms with Crippen LogP contribution < -0.4 is 0 Å². The Morgan fingerprint density at radius 1 is 0.958 bits per heavy atom. The van der Waals surface area contributed by atoms with Crippen molar-refractivity contribution in [1.29, 1.82) is 0 Å². The third-order valence-electron chi connectivity index (χ3n) is 5.14. The average Bonchev–Trinajstić information content (AvgIpc) is 3.19. The third kappa shape index (κ3) is 3.14. The zero-order chi connectivity index (χ0) is 16.5. The topological polar surface area (TPSA) is 0 Å². The van der Waals surface area contributed by atoms with Gasteiger partial charge in [-0.1, -0.05) is 79.3 Å². The molecule has 2 aromatic rings. The average molecular weight is 312 g/mol. The minimum absolute atomic E-state index is 0.578. The molecule has 0 saturated carbocycles. The van der Waals surface area contributed by atoms with E-state index in [0.29, 0.717) is 5.92 Å². The van der Waals surface area contributed by atoms with E-state index in [1.807, 2.05) is 0 Å².